The summed E-state index contributed by atoms with van der Waals surface area (Å²) in [6, 6.07) is 2.15. The molecule has 2 rings (SSSR count). The molecule has 1 unspecified atom stereocenters. The fraction of sp³-hybridized carbons (Fsp3) is 0.538. The van der Waals surface area contributed by atoms with E-state index in [-0.39, 0.29) is 6.04 Å². The van der Waals surface area contributed by atoms with Crippen LogP contribution in [0.2, 0.25) is 0 Å². The second-order valence-electron chi connectivity index (χ2n) is 4.60. The Hall–Kier alpha value is -1.46. The number of methoxy groups -OCH3 is 1. The molecule has 0 spiro atoms. The molecule has 2 aromatic heterocycles. The van der Waals surface area contributed by atoms with E-state index in [9.17, 15) is 0 Å². The Morgan fingerprint density at radius 3 is 2.94 bits per heavy atom. The van der Waals surface area contributed by atoms with Crippen LogP contribution in [-0.2, 0) is 17.9 Å². The van der Waals surface area contributed by atoms with Gasteiger partial charge in [-0.25, -0.2) is 9.97 Å². The number of aryl methyl sites for hydroxylation is 1. The lowest BCUT2D eigenvalue weighted by molar-refractivity contribution is 0.174. The number of aromatic nitrogens is 3. The maximum absolute atomic E-state index is 6.03. The zero-order chi connectivity index (χ0) is 13.1. The highest BCUT2D eigenvalue weighted by atomic mass is 16.5. The summed E-state index contributed by atoms with van der Waals surface area (Å²) in [6.45, 7) is 5.30. The maximum Gasteiger partial charge on any atom is 0.160 e. The van der Waals surface area contributed by atoms with Crippen molar-refractivity contribution < 1.29 is 4.74 Å². The largest absolute Gasteiger partial charge is 0.377 e. The summed E-state index contributed by atoms with van der Waals surface area (Å²) in [5.41, 5.74) is 8.93. The highest BCUT2D eigenvalue weighted by molar-refractivity contribution is 5.72. The van der Waals surface area contributed by atoms with E-state index in [0.29, 0.717) is 6.61 Å². The summed E-state index contributed by atoms with van der Waals surface area (Å²) in [6.07, 6.45) is 2.78. The van der Waals surface area contributed by atoms with Crippen molar-refractivity contribution in [2.45, 2.75) is 39.5 Å². The van der Waals surface area contributed by atoms with Crippen molar-refractivity contribution in [2.75, 3.05) is 7.11 Å². The summed E-state index contributed by atoms with van der Waals surface area (Å²) in [5, 5.41) is 0. The lowest BCUT2D eigenvalue weighted by Gasteiger charge is -2.12. The lowest BCUT2D eigenvalue weighted by Crippen LogP contribution is -2.26. The van der Waals surface area contributed by atoms with Crippen LogP contribution in [0.25, 0.3) is 11.2 Å². The van der Waals surface area contributed by atoms with Gasteiger partial charge in [-0.05, 0) is 25.0 Å². The predicted molar refractivity (Wildman–Crippen MR) is 71.2 cm³/mol. The molecular weight excluding hydrogens is 228 g/mol. The van der Waals surface area contributed by atoms with Crippen LogP contribution in [0, 0.1) is 6.92 Å². The standard InChI is InChI=1S/C13H20N4O/c1-4-10(14)7-17-12(8-18-3)16-11-5-9(2)6-15-13(11)17/h5-6,10H,4,7-8,14H2,1-3H3. The number of rotatable bonds is 5. The minimum absolute atomic E-state index is 0.112. The summed E-state index contributed by atoms with van der Waals surface area (Å²) >= 11 is 0. The number of imidazole rings is 1. The average Bonchev–Trinajstić information content (AvgIpc) is 2.67. The first-order chi connectivity index (χ1) is 8.65. The van der Waals surface area contributed by atoms with Crippen molar-refractivity contribution in [3.05, 3.63) is 23.7 Å². The minimum Gasteiger partial charge on any atom is -0.377 e. The van der Waals surface area contributed by atoms with Crippen LogP contribution in [-0.4, -0.2) is 27.7 Å². The number of pyridine rings is 1. The SMILES string of the molecule is CCC(N)Cn1c(COC)nc2cc(C)cnc21. The van der Waals surface area contributed by atoms with E-state index >= 15 is 0 Å². The van der Waals surface area contributed by atoms with Gasteiger partial charge >= 0.3 is 0 Å². The van der Waals surface area contributed by atoms with E-state index in [2.05, 4.69) is 21.5 Å². The molecule has 5 nitrogen and oxygen atoms in total. The maximum atomic E-state index is 6.03. The molecular formula is C13H20N4O. The van der Waals surface area contributed by atoms with Crippen molar-refractivity contribution in [2.24, 2.45) is 5.73 Å². The monoisotopic (exact) mass is 248 g/mol. The molecule has 18 heavy (non-hydrogen) atoms. The normalized spacial score (nSPS) is 13.1. The third-order valence-corrected chi connectivity index (χ3v) is 3.02. The highest BCUT2D eigenvalue weighted by Gasteiger charge is 2.13. The van der Waals surface area contributed by atoms with Gasteiger partial charge in [-0.3, -0.25) is 0 Å². The van der Waals surface area contributed by atoms with Crippen LogP contribution in [0.1, 0.15) is 24.7 Å². The van der Waals surface area contributed by atoms with E-state index in [1.54, 1.807) is 7.11 Å². The number of fused-ring (bicyclic) bond motifs is 1. The van der Waals surface area contributed by atoms with Crippen LogP contribution in [0.5, 0.6) is 0 Å². The number of nitrogens with zero attached hydrogens (tertiary/aromatic N) is 3. The first-order valence-corrected chi connectivity index (χ1v) is 6.22. The first kappa shape index (κ1) is 13.0. The summed E-state index contributed by atoms with van der Waals surface area (Å²) in [5.74, 6) is 0.884. The van der Waals surface area contributed by atoms with Gasteiger partial charge in [0, 0.05) is 25.9 Å². The zero-order valence-electron chi connectivity index (χ0n) is 11.2. The van der Waals surface area contributed by atoms with Gasteiger partial charge in [0.25, 0.3) is 0 Å². The molecule has 0 saturated carbocycles. The number of hydrogen-bond acceptors (Lipinski definition) is 4. The summed E-state index contributed by atoms with van der Waals surface area (Å²) in [7, 11) is 1.67. The predicted octanol–water partition coefficient (Wildman–Crippen LogP) is 1.62. The zero-order valence-corrected chi connectivity index (χ0v) is 11.2. The van der Waals surface area contributed by atoms with E-state index in [0.717, 1.165) is 35.5 Å². The third-order valence-electron chi connectivity index (χ3n) is 3.02. The molecule has 0 aliphatic heterocycles. The van der Waals surface area contributed by atoms with E-state index in [1.807, 2.05) is 19.2 Å². The second-order valence-corrected chi connectivity index (χ2v) is 4.60. The summed E-state index contributed by atoms with van der Waals surface area (Å²) in [4.78, 5) is 9.03. The van der Waals surface area contributed by atoms with Gasteiger partial charge in [-0.1, -0.05) is 6.92 Å². The van der Waals surface area contributed by atoms with Crippen LogP contribution >= 0.6 is 0 Å². The molecule has 0 fully saturated rings. The molecule has 0 amide bonds. The van der Waals surface area contributed by atoms with Crippen LogP contribution < -0.4 is 5.73 Å². The first-order valence-electron chi connectivity index (χ1n) is 6.22. The Balaban J connectivity index is 2.48. The minimum atomic E-state index is 0.112. The molecule has 0 saturated heterocycles. The van der Waals surface area contributed by atoms with Gasteiger partial charge in [0.2, 0.25) is 0 Å². The van der Waals surface area contributed by atoms with Gasteiger partial charge < -0.3 is 15.0 Å². The number of nitrogens with two attached hydrogens (primary N) is 1. The Morgan fingerprint density at radius 1 is 1.50 bits per heavy atom. The lowest BCUT2D eigenvalue weighted by atomic mass is 10.2. The molecule has 2 N–H and O–H groups in total. The van der Waals surface area contributed by atoms with E-state index in [4.69, 9.17) is 10.5 Å². The van der Waals surface area contributed by atoms with Crippen LogP contribution in [0.15, 0.2) is 12.3 Å². The summed E-state index contributed by atoms with van der Waals surface area (Å²) < 4.78 is 7.25. The second kappa shape index (κ2) is 5.46. The Kier molecular flexibility index (Phi) is 3.93. The third kappa shape index (κ3) is 2.52. The molecule has 2 heterocycles. The molecule has 98 valence electrons. The molecule has 2 aromatic rings. The van der Waals surface area contributed by atoms with Crippen molar-refractivity contribution >= 4 is 11.2 Å². The Labute approximate surface area is 107 Å². The van der Waals surface area contributed by atoms with E-state index in [1.165, 1.54) is 0 Å². The molecule has 0 aliphatic rings. The fourth-order valence-electron chi connectivity index (χ4n) is 1.95. The van der Waals surface area contributed by atoms with Gasteiger partial charge in [-0.15, -0.1) is 0 Å². The fourth-order valence-corrected chi connectivity index (χ4v) is 1.95. The van der Waals surface area contributed by atoms with E-state index < -0.39 is 0 Å². The molecule has 0 aromatic carbocycles. The Morgan fingerprint density at radius 2 is 2.28 bits per heavy atom. The van der Waals surface area contributed by atoms with Crippen LogP contribution in [0.4, 0.5) is 0 Å². The smallest absolute Gasteiger partial charge is 0.160 e. The van der Waals surface area contributed by atoms with Crippen molar-refractivity contribution in [3.8, 4) is 0 Å². The van der Waals surface area contributed by atoms with Crippen molar-refractivity contribution in [1.29, 1.82) is 0 Å². The average molecular weight is 248 g/mol. The molecule has 0 bridgehead atoms. The molecule has 0 radical (unpaired) electrons. The molecule has 5 heteroatoms. The van der Waals surface area contributed by atoms with Gasteiger partial charge in [0.1, 0.15) is 17.9 Å². The van der Waals surface area contributed by atoms with Crippen molar-refractivity contribution in [1.82, 2.24) is 14.5 Å². The number of ether oxygens (including phenoxy) is 1. The Bertz CT molecular complexity index is 535. The molecule has 0 aliphatic carbocycles. The highest BCUT2D eigenvalue weighted by Crippen LogP contribution is 2.16. The van der Waals surface area contributed by atoms with Gasteiger partial charge in [0.15, 0.2) is 5.65 Å². The topological polar surface area (TPSA) is 66.0 Å². The van der Waals surface area contributed by atoms with Gasteiger partial charge in [0.05, 0.1) is 0 Å². The number of hydrogen-bond donors (Lipinski definition) is 1. The van der Waals surface area contributed by atoms with Gasteiger partial charge in [-0.2, -0.15) is 0 Å². The quantitative estimate of drug-likeness (QED) is 0.873. The molecule has 1 atom stereocenters. The van der Waals surface area contributed by atoms with Crippen molar-refractivity contribution in [3.63, 3.8) is 0 Å². The van der Waals surface area contributed by atoms with Crippen LogP contribution in [0.3, 0.4) is 0 Å².